The van der Waals surface area contributed by atoms with Gasteiger partial charge in [-0.1, -0.05) is 64.4 Å². The number of amides is 3. The summed E-state index contributed by atoms with van der Waals surface area (Å²) in [6.45, 7) is 8.96. The number of aliphatic carboxylic acids is 1. The first-order chi connectivity index (χ1) is 15.5. The summed E-state index contributed by atoms with van der Waals surface area (Å²) >= 11 is 0. The van der Waals surface area contributed by atoms with E-state index in [1.54, 1.807) is 0 Å². The van der Waals surface area contributed by atoms with E-state index in [0.717, 1.165) is 5.56 Å². The quantitative estimate of drug-likeness (QED) is 0.297. The van der Waals surface area contributed by atoms with E-state index in [1.807, 2.05) is 58.0 Å². The average Bonchev–Trinajstić information content (AvgIpc) is 2.77. The van der Waals surface area contributed by atoms with E-state index < -0.39 is 47.9 Å². The number of carbonyl (C=O) groups is 4. The van der Waals surface area contributed by atoms with Crippen LogP contribution in [0, 0.1) is 11.8 Å². The molecule has 6 N–H and O–H groups in total. The van der Waals surface area contributed by atoms with Crippen molar-refractivity contribution in [2.75, 3.05) is 0 Å². The fraction of sp³-hybridized carbons (Fsp3) is 0.583. The zero-order chi connectivity index (χ0) is 25.1. The van der Waals surface area contributed by atoms with E-state index in [2.05, 4.69) is 16.0 Å². The topological polar surface area (TPSA) is 151 Å². The van der Waals surface area contributed by atoms with E-state index in [0.29, 0.717) is 6.42 Å². The lowest BCUT2D eigenvalue weighted by molar-refractivity contribution is -0.142. The first-order valence-electron chi connectivity index (χ1n) is 11.4. The minimum absolute atomic E-state index is 0.0657. The second-order valence-electron chi connectivity index (χ2n) is 8.92. The van der Waals surface area contributed by atoms with Crippen molar-refractivity contribution in [3.8, 4) is 0 Å². The fourth-order valence-electron chi connectivity index (χ4n) is 3.21. The molecule has 0 saturated heterocycles. The standard InChI is InChI=1S/C24H38N4O5/c1-6-15(4)20(25)23(31)27-18(13-17-10-8-7-9-11-17)22(30)26-16(5)21(29)28-19(24(32)33)12-14(2)3/h7-11,14-16,18-20H,6,12-13,25H2,1-5H3,(H,26,30)(H,27,31)(H,28,29)(H,32,33). The van der Waals surface area contributed by atoms with Crippen molar-refractivity contribution in [2.24, 2.45) is 17.6 Å². The monoisotopic (exact) mass is 462 g/mol. The summed E-state index contributed by atoms with van der Waals surface area (Å²) < 4.78 is 0. The van der Waals surface area contributed by atoms with E-state index >= 15 is 0 Å². The summed E-state index contributed by atoms with van der Waals surface area (Å²) in [6, 6.07) is 5.40. The molecule has 0 aliphatic carbocycles. The van der Waals surface area contributed by atoms with Gasteiger partial charge < -0.3 is 26.8 Å². The van der Waals surface area contributed by atoms with Gasteiger partial charge in [0, 0.05) is 6.42 Å². The molecule has 33 heavy (non-hydrogen) atoms. The van der Waals surface area contributed by atoms with Crippen LogP contribution in [0.4, 0.5) is 0 Å². The molecule has 0 saturated carbocycles. The maximum absolute atomic E-state index is 13.0. The van der Waals surface area contributed by atoms with Crippen LogP contribution in [0.25, 0.3) is 0 Å². The fourth-order valence-corrected chi connectivity index (χ4v) is 3.21. The molecule has 0 aromatic heterocycles. The van der Waals surface area contributed by atoms with E-state index in [-0.39, 0.29) is 24.7 Å². The summed E-state index contributed by atoms with van der Waals surface area (Å²) in [4.78, 5) is 49.6. The Morgan fingerprint density at radius 3 is 1.97 bits per heavy atom. The largest absolute Gasteiger partial charge is 0.480 e. The maximum atomic E-state index is 13.0. The van der Waals surface area contributed by atoms with E-state index in [9.17, 15) is 24.3 Å². The molecule has 3 amide bonds. The third-order valence-electron chi connectivity index (χ3n) is 5.55. The van der Waals surface area contributed by atoms with Crippen molar-refractivity contribution < 1.29 is 24.3 Å². The van der Waals surface area contributed by atoms with Gasteiger partial charge in [0.2, 0.25) is 17.7 Å². The van der Waals surface area contributed by atoms with Gasteiger partial charge in [0.25, 0.3) is 0 Å². The highest BCUT2D eigenvalue weighted by atomic mass is 16.4. The van der Waals surface area contributed by atoms with Gasteiger partial charge in [0.15, 0.2) is 0 Å². The molecule has 0 fully saturated rings. The molecular weight excluding hydrogens is 424 g/mol. The first-order valence-corrected chi connectivity index (χ1v) is 11.4. The minimum atomic E-state index is -1.14. The van der Waals surface area contributed by atoms with Gasteiger partial charge in [-0.15, -0.1) is 0 Å². The Kier molecular flexibility index (Phi) is 11.6. The summed E-state index contributed by atoms with van der Waals surface area (Å²) in [5.41, 5.74) is 6.85. The van der Waals surface area contributed by atoms with Crippen LogP contribution < -0.4 is 21.7 Å². The third kappa shape index (κ3) is 9.61. The van der Waals surface area contributed by atoms with Crippen molar-refractivity contribution >= 4 is 23.7 Å². The Hall–Kier alpha value is -2.94. The van der Waals surface area contributed by atoms with Gasteiger partial charge in [0.1, 0.15) is 18.1 Å². The number of benzene rings is 1. The lowest BCUT2D eigenvalue weighted by Gasteiger charge is -2.25. The number of carbonyl (C=O) groups excluding carboxylic acids is 3. The number of hydrogen-bond acceptors (Lipinski definition) is 5. The lowest BCUT2D eigenvalue weighted by atomic mass is 9.98. The molecule has 5 unspecified atom stereocenters. The predicted molar refractivity (Wildman–Crippen MR) is 126 cm³/mol. The molecule has 184 valence electrons. The summed E-state index contributed by atoms with van der Waals surface area (Å²) in [6.07, 6.45) is 1.19. The van der Waals surface area contributed by atoms with Gasteiger partial charge in [-0.25, -0.2) is 4.79 Å². The predicted octanol–water partition coefficient (Wildman–Crippen LogP) is 1.21. The van der Waals surface area contributed by atoms with Gasteiger partial charge in [0.05, 0.1) is 6.04 Å². The summed E-state index contributed by atoms with van der Waals surface area (Å²) in [5, 5.41) is 17.1. The molecule has 0 spiro atoms. The number of nitrogens with one attached hydrogen (secondary N) is 3. The SMILES string of the molecule is CCC(C)C(N)C(=O)NC(Cc1ccccc1)C(=O)NC(C)C(=O)NC(CC(C)C)C(=O)O. The van der Waals surface area contributed by atoms with Crippen molar-refractivity contribution in [1.29, 1.82) is 0 Å². The van der Waals surface area contributed by atoms with Crippen LogP contribution in [0.1, 0.15) is 53.0 Å². The molecule has 1 rings (SSSR count). The minimum Gasteiger partial charge on any atom is -0.480 e. The molecular formula is C24H38N4O5. The second-order valence-corrected chi connectivity index (χ2v) is 8.92. The molecule has 0 heterocycles. The maximum Gasteiger partial charge on any atom is 0.326 e. The van der Waals surface area contributed by atoms with Crippen LogP contribution in [0.3, 0.4) is 0 Å². The van der Waals surface area contributed by atoms with Crippen LogP contribution in [-0.4, -0.2) is 53.0 Å². The first kappa shape index (κ1) is 28.1. The highest BCUT2D eigenvalue weighted by Crippen LogP contribution is 2.09. The van der Waals surface area contributed by atoms with Crippen LogP contribution in [0.15, 0.2) is 30.3 Å². The van der Waals surface area contributed by atoms with Crippen LogP contribution >= 0.6 is 0 Å². The van der Waals surface area contributed by atoms with Crippen molar-refractivity contribution in [1.82, 2.24) is 16.0 Å². The lowest BCUT2D eigenvalue weighted by Crippen LogP contribution is -2.57. The molecule has 0 bridgehead atoms. The van der Waals surface area contributed by atoms with Crippen molar-refractivity contribution in [3.05, 3.63) is 35.9 Å². The third-order valence-corrected chi connectivity index (χ3v) is 5.55. The highest BCUT2D eigenvalue weighted by molar-refractivity contribution is 5.94. The summed E-state index contributed by atoms with van der Waals surface area (Å²) in [7, 11) is 0. The zero-order valence-corrected chi connectivity index (χ0v) is 20.1. The molecule has 9 heteroatoms. The number of carboxylic acid groups (broad SMARTS) is 1. The molecule has 1 aromatic rings. The number of hydrogen-bond donors (Lipinski definition) is 5. The Labute approximate surface area is 195 Å². The van der Waals surface area contributed by atoms with Crippen molar-refractivity contribution in [2.45, 2.75) is 78.0 Å². The molecule has 5 atom stereocenters. The molecule has 0 radical (unpaired) electrons. The van der Waals surface area contributed by atoms with Gasteiger partial charge in [-0.3, -0.25) is 14.4 Å². The van der Waals surface area contributed by atoms with Gasteiger partial charge in [-0.05, 0) is 30.7 Å². The van der Waals surface area contributed by atoms with Crippen molar-refractivity contribution in [3.63, 3.8) is 0 Å². The number of rotatable bonds is 13. The molecule has 0 aliphatic rings. The smallest absolute Gasteiger partial charge is 0.326 e. The molecule has 0 aliphatic heterocycles. The second kappa shape index (κ2) is 13.6. The Morgan fingerprint density at radius 2 is 1.45 bits per heavy atom. The summed E-state index contributed by atoms with van der Waals surface area (Å²) in [5.74, 6) is -2.75. The van der Waals surface area contributed by atoms with E-state index in [1.165, 1.54) is 6.92 Å². The van der Waals surface area contributed by atoms with Gasteiger partial charge >= 0.3 is 5.97 Å². The average molecular weight is 463 g/mol. The Bertz CT molecular complexity index is 799. The van der Waals surface area contributed by atoms with Crippen LogP contribution in [0.2, 0.25) is 0 Å². The van der Waals surface area contributed by atoms with E-state index in [4.69, 9.17) is 5.73 Å². The Morgan fingerprint density at radius 1 is 0.879 bits per heavy atom. The van der Waals surface area contributed by atoms with Crippen LogP contribution in [-0.2, 0) is 25.6 Å². The zero-order valence-electron chi connectivity index (χ0n) is 20.1. The highest BCUT2D eigenvalue weighted by Gasteiger charge is 2.29. The van der Waals surface area contributed by atoms with Crippen LogP contribution in [0.5, 0.6) is 0 Å². The number of carboxylic acids is 1. The normalized spacial score (nSPS) is 15.6. The van der Waals surface area contributed by atoms with Gasteiger partial charge in [-0.2, -0.15) is 0 Å². The molecule has 1 aromatic carbocycles. The Balaban J connectivity index is 2.91. The number of nitrogens with two attached hydrogens (primary N) is 1. The molecule has 9 nitrogen and oxygen atoms in total.